The molecule has 1 aromatic rings. The van der Waals surface area contributed by atoms with Crippen LogP contribution >= 0.6 is 0 Å². The van der Waals surface area contributed by atoms with Gasteiger partial charge in [0.2, 0.25) is 21.8 Å². The minimum Gasteiger partial charge on any atom is -0.379 e. The van der Waals surface area contributed by atoms with Crippen molar-refractivity contribution in [2.24, 2.45) is 0 Å². The summed E-state index contributed by atoms with van der Waals surface area (Å²) in [6.07, 6.45) is 0. The van der Waals surface area contributed by atoms with E-state index in [0.29, 0.717) is 63.7 Å². The fourth-order valence-electron chi connectivity index (χ4n) is 3.72. The predicted octanol–water partition coefficient (Wildman–Crippen LogP) is 0.507. The topological polar surface area (TPSA) is 99.3 Å². The molecule has 10 heteroatoms. The number of amides is 2. The van der Waals surface area contributed by atoms with Crippen LogP contribution in [0.2, 0.25) is 0 Å². The van der Waals surface area contributed by atoms with Gasteiger partial charge in [-0.2, -0.15) is 4.31 Å². The molecule has 0 aromatic heterocycles. The van der Waals surface area contributed by atoms with Crippen LogP contribution in [0.5, 0.6) is 0 Å². The van der Waals surface area contributed by atoms with Crippen molar-refractivity contribution < 1.29 is 22.7 Å². The Labute approximate surface area is 178 Å². The van der Waals surface area contributed by atoms with Crippen molar-refractivity contribution in [3.8, 4) is 0 Å². The van der Waals surface area contributed by atoms with Gasteiger partial charge in [0.05, 0.1) is 24.2 Å². The molecule has 1 aromatic carbocycles. The smallest absolute Gasteiger partial charge is 0.243 e. The third-order valence-electron chi connectivity index (χ3n) is 5.73. The molecule has 1 unspecified atom stereocenters. The number of hydrogen-bond donors (Lipinski definition) is 1. The third-order valence-corrected chi connectivity index (χ3v) is 7.77. The largest absolute Gasteiger partial charge is 0.379 e. The van der Waals surface area contributed by atoms with Gasteiger partial charge < -0.3 is 15.0 Å². The summed E-state index contributed by atoms with van der Waals surface area (Å²) in [5, 5.41) is 2.85. The minimum absolute atomic E-state index is 0.0421. The monoisotopic (exact) mass is 438 g/mol. The number of benzene rings is 1. The van der Waals surface area contributed by atoms with E-state index in [-0.39, 0.29) is 22.8 Å². The third kappa shape index (κ3) is 5.00. The first-order valence-corrected chi connectivity index (χ1v) is 11.6. The van der Waals surface area contributed by atoms with Gasteiger partial charge in [0.25, 0.3) is 0 Å². The van der Waals surface area contributed by atoms with Crippen LogP contribution in [0.4, 0.5) is 5.69 Å². The molecule has 3 rings (SSSR count). The van der Waals surface area contributed by atoms with Crippen LogP contribution in [0, 0.1) is 6.92 Å². The second-order valence-electron chi connectivity index (χ2n) is 7.70. The van der Waals surface area contributed by atoms with Crippen LogP contribution in [-0.4, -0.2) is 92.9 Å². The van der Waals surface area contributed by atoms with Gasteiger partial charge in [0, 0.05) is 51.9 Å². The Balaban J connectivity index is 1.69. The van der Waals surface area contributed by atoms with Gasteiger partial charge >= 0.3 is 0 Å². The Morgan fingerprint density at radius 3 is 2.30 bits per heavy atom. The van der Waals surface area contributed by atoms with Gasteiger partial charge in [-0.05, 0) is 31.5 Å². The zero-order valence-electron chi connectivity index (χ0n) is 17.8. The number of morpholine rings is 1. The van der Waals surface area contributed by atoms with Crippen LogP contribution in [0.1, 0.15) is 19.4 Å². The Kier molecular flexibility index (Phi) is 7.12. The molecule has 0 spiro atoms. The number of piperazine rings is 1. The van der Waals surface area contributed by atoms with Crippen molar-refractivity contribution in [3.63, 3.8) is 0 Å². The van der Waals surface area contributed by atoms with Crippen molar-refractivity contribution in [3.05, 3.63) is 23.8 Å². The molecule has 166 valence electrons. The molecule has 30 heavy (non-hydrogen) atoms. The number of nitrogens with one attached hydrogen (secondary N) is 1. The normalized spacial score (nSPS) is 20.0. The van der Waals surface area contributed by atoms with E-state index >= 15 is 0 Å². The Hall–Kier alpha value is -2.01. The van der Waals surface area contributed by atoms with Gasteiger partial charge in [0.15, 0.2) is 0 Å². The van der Waals surface area contributed by atoms with Gasteiger partial charge in [-0.25, -0.2) is 8.42 Å². The summed E-state index contributed by atoms with van der Waals surface area (Å²) in [6, 6.07) is 4.56. The lowest BCUT2D eigenvalue weighted by Gasteiger charge is -2.37. The first kappa shape index (κ1) is 22.7. The van der Waals surface area contributed by atoms with E-state index < -0.39 is 10.0 Å². The molecule has 0 saturated carbocycles. The number of aryl methyl sites for hydroxylation is 1. The summed E-state index contributed by atoms with van der Waals surface area (Å²) in [6.45, 7) is 8.95. The zero-order chi connectivity index (χ0) is 21.9. The molecule has 2 aliphatic rings. The summed E-state index contributed by atoms with van der Waals surface area (Å²) in [4.78, 5) is 28.2. The van der Waals surface area contributed by atoms with Crippen LogP contribution in [0.15, 0.2) is 23.1 Å². The molecule has 1 N–H and O–H groups in total. The Morgan fingerprint density at radius 2 is 1.70 bits per heavy atom. The predicted molar refractivity (Wildman–Crippen MR) is 113 cm³/mol. The summed E-state index contributed by atoms with van der Waals surface area (Å²) < 4.78 is 32.7. The van der Waals surface area contributed by atoms with Crippen LogP contribution in [-0.2, 0) is 24.3 Å². The molecule has 1 atom stereocenters. The number of anilines is 1. The van der Waals surface area contributed by atoms with Gasteiger partial charge in [-0.1, -0.05) is 6.07 Å². The fraction of sp³-hybridized carbons (Fsp3) is 0.600. The summed E-state index contributed by atoms with van der Waals surface area (Å²) in [5.41, 5.74) is 1.08. The highest BCUT2D eigenvalue weighted by Crippen LogP contribution is 2.24. The molecular weight excluding hydrogens is 408 g/mol. The number of hydrogen-bond acceptors (Lipinski definition) is 6. The molecule has 0 aliphatic carbocycles. The highest BCUT2D eigenvalue weighted by molar-refractivity contribution is 7.89. The molecular formula is C20H30N4O5S. The first-order valence-electron chi connectivity index (χ1n) is 10.2. The molecule has 2 saturated heterocycles. The molecule has 9 nitrogen and oxygen atoms in total. The molecule has 0 radical (unpaired) electrons. The van der Waals surface area contributed by atoms with Crippen molar-refractivity contribution in [1.82, 2.24) is 14.1 Å². The van der Waals surface area contributed by atoms with Crippen LogP contribution < -0.4 is 5.32 Å². The number of sulfonamides is 1. The van der Waals surface area contributed by atoms with Crippen molar-refractivity contribution in [2.75, 3.05) is 57.8 Å². The fourth-order valence-corrected chi connectivity index (χ4v) is 5.38. The maximum absolute atomic E-state index is 13.0. The molecule has 2 amide bonds. The van der Waals surface area contributed by atoms with Crippen molar-refractivity contribution in [2.45, 2.75) is 31.7 Å². The van der Waals surface area contributed by atoms with Gasteiger partial charge in [0.1, 0.15) is 0 Å². The second-order valence-corrected chi connectivity index (χ2v) is 9.61. The number of rotatable bonds is 5. The highest BCUT2D eigenvalue weighted by Gasteiger charge is 2.29. The van der Waals surface area contributed by atoms with E-state index in [2.05, 4.69) is 5.32 Å². The maximum Gasteiger partial charge on any atom is 0.243 e. The van der Waals surface area contributed by atoms with E-state index in [0.717, 1.165) is 0 Å². The van der Waals surface area contributed by atoms with E-state index in [1.807, 2.05) is 11.8 Å². The van der Waals surface area contributed by atoms with Crippen molar-refractivity contribution >= 4 is 27.5 Å². The lowest BCUT2D eigenvalue weighted by atomic mass is 10.2. The lowest BCUT2D eigenvalue weighted by Crippen LogP contribution is -2.53. The standard InChI is InChI=1S/C20H30N4O5S/c1-15-4-5-18(14-19(15)30(27,28)24-10-12-29-13-11-24)21-20(26)16(2)22-6-8-23(9-7-22)17(3)25/h4-5,14,16H,6-13H2,1-3H3,(H,21,26). The quantitative estimate of drug-likeness (QED) is 0.719. The number of ether oxygens (including phenoxy) is 1. The van der Waals surface area contributed by atoms with E-state index in [1.54, 1.807) is 30.9 Å². The van der Waals surface area contributed by atoms with Crippen LogP contribution in [0.3, 0.4) is 0 Å². The lowest BCUT2D eigenvalue weighted by molar-refractivity contribution is -0.131. The second kappa shape index (κ2) is 9.42. The molecule has 0 bridgehead atoms. The Bertz CT molecular complexity index is 890. The van der Waals surface area contributed by atoms with Gasteiger partial charge in [-0.15, -0.1) is 0 Å². The number of carbonyl (C=O) groups excluding carboxylic acids is 2. The average molecular weight is 439 g/mol. The van der Waals surface area contributed by atoms with E-state index in [9.17, 15) is 18.0 Å². The first-order chi connectivity index (χ1) is 14.2. The summed E-state index contributed by atoms with van der Waals surface area (Å²) >= 11 is 0. The summed E-state index contributed by atoms with van der Waals surface area (Å²) in [7, 11) is -3.65. The molecule has 2 fully saturated rings. The number of carbonyl (C=O) groups is 2. The molecule has 2 aliphatic heterocycles. The summed E-state index contributed by atoms with van der Waals surface area (Å²) in [5.74, 6) is -0.162. The molecule has 2 heterocycles. The van der Waals surface area contributed by atoms with E-state index in [4.69, 9.17) is 4.74 Å². The zero-order valence-corrected chi connectivity index (χ0v) is 18.6. The van der Waals surface area contributed by atoms with E-state index in [1.165, 1.54) is 10.4 Å². The SMILES string of the molecule is CC(=O)N1CCN(C(C)C(=O)Nc2ccc(C)c(S(=O)(=O)N3CCOCC3)c2)CC1. The van der Waals surface area contributed by atoms with Gasteiger partial charge in [-0.3, -0.25) is 14.5 Å². The highest BCUT2D eigenvalue weighted by atomic mass is 32.2. The van der Waals surface area contributed by atoms with Crippen molar-refractivity contribution in [1.29, 1.82) is 0 Å². The number of nitrogens with zero attached hydrogens (tertiary/aromatic N) is 3. The Morgan fingerprint density at radius 1 is 1.07 bits per heavy atom. The maximum atomic E-state index is 13.0. The minimum atomic E-state index is -3.65. The van der Waals surface area contributed by atoms with Crippen LogP contribution in [0.25, 0.3) is 0 Å². The average Bonchev–Trinajstić information content (AvgIpc) is 2.75.